The smallest absolute Gasteiger partial charge is 0.274 e. The topological polar surface area (TPSA) is 67.2 Å². The third kappa shape index (κ3) is 3.08. The van der Waals surface area contributed by atoms with Gasteiger partial charge in [0.1, 0.15) is 5.69 Å². The fourth-order valence-electron chi connectivity index (χ4n) is 2.56. The predicted molar refractivity (Wildman–Crippen MR) is 82.7 cm³/mol. The van der Waals surface area contributed by atoms with Crippen LogP contribution in [-0.4, -0.2) is 56.7 Å². The van der Waals surface area contributed by atoms with E-state index in [-0.39, 0.29) is 5.91 Å². The number of amides is 1. The molecule has 0 bridgehead atoms. The Balaban J connectivity index is 1.67. The van der Waals surface area contributed by atoms with Crippen LogP contribution in [0.4, 0.5) is 5.95 Å². The quantitative estimate of drug-likeness (QED) is 0.823. The van der Waals surface area contributed by atoms with E-state index in [4.69, 9.17) is 0 Å². The molecule has 1 amide bonds. The summed E-state index contributed by atoms with van der Waals surface area (Å²) in [6, 6.07) is 1.76. The minimum atomic E-state index is -0.00715. The van der Waals surface area contributed by atoms with Crippen molar-refractivity contribution in [3.63, 3.8) is 0 Å². The normalized spacial score (nSPS) is 15.7. The lowest BCUT2D eigenvalue weighted by molar-refractivity contribution is 0.0760. The van der Waals surface area contributed by atoms with Crippen LogP contribution in [0.15, 0.2) is 24.7 Å². The zero-order chi connectivity index (χ0) is 15.5. The summed E-state index contributed by atoms with van der Waals surface area (Å²) in [4.78, 5) is 25.2. The summed E-state index contributed by atoms with van der Waals surface area (Å²) in [6.45, 7) is 4.96. The molecular weight excluding hydrogens is 280 g/mol. The van der Waals surface area contributed by atoms with Crippen LogP contribution in [0.25, 0.3) is 0 Å². The van der Waals surface area contributed by atoms with Gasteiger partial charge in [0.15, 0.2) is 0 Å². The van der Waals surface area contributed by atoms with Crippen LogP contribution in [0.3, 0.4) is 0 Å². The molecule has 0 saturated carbocycles. The van der Waals surface area contributed by atoms with Crippen LogP contribution in [0.2, 0.25) is 0 Å². The molecule has 1 fully saturated rings. The van der Waals surface area contributed by atoms with Crippen molar-refractivity contribution in [2.45, 2.75) is 13.3 Å². The Bertz CT molecular complexity index is 650. The summed E-state index contributed by atoms with van der Waals surface area (Å²) in [6.07, 6.45) is 6.33. The Hall–Kier alpha value is -2.44. The molecular formula is C15H20N6O. The van der Waals surface area contributed by atoms with Crippen molar-refractivity contribution in [2.75, 3.05) is 31.1 Å². The van der Waals surface area contributed by atoms with Gasteiger partial charge >= 0.3 is 0 Å². The van der Waals surface area contributed by atoms with Gasteiger partial charge in [-0.3, -0.25) is 9.48 Å². The van der Waals surface area contributed by atoms with Gasteiger partial charge in [-0.05, 0) is 25.0 Å². The van der Waals surface area contributed by atoms with Gasteiger partial charge in [-0.1, -0.05) is 0 Å². The molecule has 2 aromatic rings. The highest BCUT2D eigenvalue weighted by Crippen LogP contribution is 2.12. The number of carbonyl (C=O) groups excluding carboxylic acids is 1. The maximum atomic E-state index is 12.5. The highest BCUT2D eigenvalue weighted by atomic mass is 16.2. The van der Waals surface area contributed by atoms with E-state index in [9.17, 15) is 4.79 Å². The van der Waals surface area contributed by atoms with Crippen molar-refractivity contribution < 1.29 is 4.79 Å². The van der Waals surface area contributed by atoms with E-state index in [1.165, 1.54) is 0 Å². The summed E-state index contributed by atoms with van der Waals surface area (Å²) >= 11 is 0. The van der Waals surface area contributed by atoms with Gasteiger partial charge in [0.25, 0.3) is 5.91 Å². The zero-order valence-corrected chi connectivity index (χ0v) is 12.9. The van der Waals surface area contributed by atoms with Crippen molar-refractivity contribution in [3.8, 4) is 0 Å². The van der Waals surface area contributed by atoms with Gasteiger partial charge < -0.3 is 9.80 Å². The van der Waals surface area contributed by atoms with Crippen LogP contribution < -0.4 is 4.90 Å². The van der Waals surface area contributed by atoms with E-state index in [0.717, 1.165) is 37.6 Å². The number of aryl methyl sites for hydroxylation is 2. The Morgan fingerprint density at radius 3 is 2.59 bits per heavy atom. The number of hydrogen-bond donors (Lipinski definition) is 0. The number of rotatable bonds is 2. The van der Waals surface area contributed by atoms with Crippen LogP contribution in [0, 0.1) is 6.92 Å². The number of carbonyl (C=O) groups is 1. The average Bonchev–Trinajstić information content (AvgIpc) is 2.81. The second kappa shape index (κ2) is 6.13. The molecule has 0 radical (unpaired) electrons. The molecule has 2 aromatic heterocycles. The number of aromatic nitrogens is 4. The highest BCUT2D eigenvalue weighted by molar-refractivity contribution is 5.92. The Morgan fingerprint density at radius 1 is 1.14 bits per heavy atom. The molecule has 0 aromatic carbocycles. The minimum absolute atomic E-state index is 0.00715. The Labute approximate surface area is 129 Å². The van der Waals surface area contributed by atoms with Crippen LogP contribution >= 0.6 is 0 Å². The fraction of sp³-hybridized carbons (Fsp3) is 0.467. The maximum absolute atomic E-state index is 12.5. The minimum Gasteiger partial charge on any atom is -0.339 e. The van der Waals surface area contributed by atoms with Crippen molar-refractivity contribution in [2.24, 2.45) is 7.05 Å². The summed E-state index contributed by atoms with van der Waals surface area (Å²) < 4.78 is 1.65. The number of hydrogen-bond acceptors (Lipinski definition) is 5. The zero-order valence-electron chi connectivity index (χ0n) is 12.9. The van der Waals surface area contributed by atoms with Gasteiger partial charge in [-0.25, -0.2) is 9.97 Å². The SMILES string of the molecule is Cc1cnc(N2CCCN(C(=O)c3ccn(C)n3)CC2)nc1. The summed E-state index contributed by atoms with van der Waals surface area (Å²) in [7, 11) is 1.82. The number of anilines is 1. The van der Waals surface area contributed by atoms with Crippen molar-refractivity contribution in [1.29, 1.82) is 0 Å². The van der Waals surface area contributed by atoms with Crippen molar-refractivity contribution >= 4 is 11.9 Å². The molecule has 3 rings (SSSR count). The molecule has 7 nitrogen and oxygen atoms in total. The first-order valence-electron chi connectivity index (χ1n) is 7.46. The molecule has 0 unspecified atom stereocenters. The standard InChI is InChI=1S/C15H20N6O/c1-12-10-16-15(17-11-12)21-6-3-5-20(8-9-21)14(22)13-4-7-19(2)18-13/h4,7,10-11H,3,5-6,8-9H2,1-2H3. The second-order valence-electron chi connectivity index (χ2n) is 5.57. The molecule has 0 aliphatic carbocycles. The van der Waals surface area contributed by atoms with Gasteiger partial charge in [0.05, 0.1) is 0 Å². The van der Waals surface area contributed by atoms with Crippen molar-refractivity contribution in [3.05, 3.63) is 35.9 Å². The first kappa shape index (κ1) is 14.5. The highest BCUT2D eigenvalue weighted by Gasteiger charge is 2.22. The molecule has 1 saturated heterocycles. The first-order valence-corrected chi connectivity index (χ1v) is 7.46. The van der Waals surface area contributed by atoms with Crippen LogP contribution in [0.5, 0.6) is 0 Å². The predicted octanol–water partition coefficient (Wildman–Crippen LogP) is 0.871. The lowest BCUT2D eigenvalue weighted by Crippen LogP contribution is -2.35. The lowest BCUT2D eigenvalue weighted by Gasteiger charge is -2.21. The van der Waals surface area contributed by atoms with E-state index in [0.29, 0.717) is 12.2 Å². The molecule has 1 aliphatic heterocycles. The van der Waals surface area contributed by atoms with Gasteiger partial charge in [0.2, 0.25) is 5.95 Å². The summed E-state index contributed by atoms with van der Waals surface area (Å²) in [5.41, 5.74) is 1.55. The lowest BCUT2D eigenvalue weighted by atomic mass is 10.3. The molecule has 22 heavy (non-hydrogen) atoms. The van der Waals surface area contributed by atoms with Crippen molar-refractivity contribution in [1.82, 2.24) is 24.6 Å². The maximum Gasteiger partial charge on any atom is 0.274 e. The molecule has 116 valence electrons. The molecule has 0 spiro atoms. The van der Waals surface area contributed by atoms with E-state index in [1.807, 2.05) is 31.3 Å². The van der Waals surface area contributed by atoms with Gasteiger partial charge in [-0.15, -0.1) is 0 Å². The molecule has 0 atom stereocenters. The summed E-state index contributed by atoms with van der Waals surface area (Å²) in [5.74, 6) is 0.727. The Kier molecular flexibility index (Phi) is 4.04. The second-order valence-corrected chi connectivity index (χ2v) is 5.57. The van der Waals surface area contributed by atoms with E-state index < -0.39 is 0 Å². The van der Waals surface area contributed by atoms with Gasteiger partial charge in [-0.2, -0.15) is 5.10 Å². The fourth-order valence-corrected chi connectivity index (χ4v) is 2.56. The average molecular weight is 300 g/mol. The Morgan fingerprint density at radius 2 is 1.91 bits per heavy atom. The summed E-state index contributed by atoms with van der Waals surface area (Å²) in [5, 5.41) is 4.19. The third-order valence-electron chi connectivity index (χ3n) is 3.77. The molecule has 3 heterocycles. The first-order chi connectivity index (χ1) is 10.6. The van der Waals surface area contributed by atoms with E-state index >= 15 is 0 Å². The third-order valence-corrected chi connectivity index (χ3v) is 3.77. The molecule has 7 heteroatoms. The van der Waals surface area contributed by atoms with E-state index in [1.54, 1.807) is 16.9 Å². The molecule has 1 aliphatic rings. The van der Waals surface area contributed by atoms with Gasteiger partial charge in [0, 0.05) is 51.8 Å². The van der Waals surface area contributed by atoms with E-state index in [2.05, 4.69) is 20.0 Å². The van der Waals surface area contributed by atoms with Crippen LogP contribution in [-0.2, 0) is 7.05 Å². The number of nitrogens with zero attached hydrogens (tertiary/aromatic N) is 6. The molecule has 0 N–H and O–H groups in total. The largest absolute Gasteiger partial charge is 0.339 e. The van der Waals surface area contributed by atoms with Crippen LogP contribution in [0.1, 0.15) is 22.5 Å². The monoisotopic (exact) mass is 300 g/mol.